The molecule has 0 spiro atoms. The van der Waals surface area contributed by atoms with Crippen LogP contribution in [0.15, 0.2) is 58.9 Å². The standard InChI is InChI=1S/C27H30N4O2S/c1-16-6-7-17(2)19(12-16)15-34-26-29-25-28-21-13-27(3,4)14-22(32)23(21)24(31(25)30-26)18-8-10-20(33-5)11-9-18/h6-12,24H,13-15H2,1-5H3,(H,28,29,30)/t24-/m1/s1. The van der Waals surface area contributed by atoms with Gasteiger partial charge in [0.15, 0.2) is 5.78 Å². The largest absolute Gasteiger partial charge is 0.497 e. The lowest BCUT2D eigenvalue weighted by atomic mass is 9.73. The maximum Gasteiger partial charge on any atom is 0.227 e. The van der Waals surface area contributed by atoms with Crippen molar-refractivity contribution in [2.45, 2.75) is 57.5 Å². The molecule has 0 amide bonds. The predicted molar refractivity (Wildman–Crippen MR) is 135 cm³/mol. The Balaban J connectivity index is 1.52. The van der Waals surface area contributed by atoms with Crippen molar-refractivity contribution in [2.75, 3.05) is 12.4 Å². The van der Waals surface area contributed by atoms with Crippen molar-refractivity contribution in [2.24, 2.45) is 5.41 Å². The number of carbonyl (C=O) groups excluding carboxylic acids is 1. The van der Waals surface area contributed by atoms with E-state index in [1.54, 1.807) is 18.9 Å². The van der Waals surface area contributed by atoms with E-state index in [9.17, 15) is 4.79 Å². The first-order valence-corrected chi connectivity index (χ1v) is 12.6. The maximum absolute atomic E-state index is 13.4. The van der Waals surface area contributed by atoms with Gasteiger partial charge in [-0.1, -0.05) is 61.5 Å². The number of methoxy groups -OCH3 is 1. The summed E-state index contributed by atoms with van der Waals surface area (Å²) in [7, 11) is 1.65. The van der Waals surface area contributed by atoms with E-state index in [0.29, 0.717) is 17.5 Å². The number of aryl methyl sites for hydroxylation is 2. The molecule has 2 aliphatic rings. The zero-order valence-corrected chi connectivity index (χ0v) is 21.1. The van der Waals surface area contributed by atoms with Crippen LogP contribution in [0.25, 0.3) is 0 Å². The molecule has 5 rings (SSSR count). The molecule has 1 aliphatic carbocycles. The number of rotatable bonds is 5. The van der Waals surface area contributed by atoms with Crippen molar-refractivity contribution in [1.82, 2.24) is 14.8 Å². The number of fused-ring (bicyclic) bond motifs is 1. The molecule has 2 heterocycles. The summed E-state index contributed by atoms with van der Waals surface area (Å²) in [4.78, 5) is 18.2. The summed E-state index contributed by atoms with van der Waals surface area (Å²) in [6.45, 7) is 8.53. The molecule has 6 nitrogen and oxygen atoms in total. The van der Waals surface area contributed by atoms with Crippen molar-refractivity contribution in [3.05, 3.63) is 76.0 Å². The highest BCUT2D eigenvalue weighted by atomic mass is 32.2. The number of carbonyl (C=O) groups is 1. The molecule has 34 heavy (non-hydrogen) atoms. The molecule has 176 valence electrons. The summed E-state index contributed by atoms with van der Waals surface area (Å²) in [5, 5.41) is 9.03. The van der Waals surface area contributed by atoms with Gasteiger partial charge in [-0.05, 0) is 54.5 Å². The van der Waals surface area contributed by atoms with Crippen molar-refractivity contribution in [3.8, 4) is 5.75 Å². The number of hydrogen-bond acceptors (Lipinski definition) is 6. The zero-order valence-electron chi connectivity index (χ0n) is 20.3. The molecule has 1 atom stereocenters. The smallest absolute Gasteiger partial charge is 0.227 e. The lowest BCUT2D eigenvalue weighted by Crippen LogP contribution is -2.36. The molecule has 0 unspecified atom stereocenters. The number of ether oxygens (including phenoxy) is 1. The fraction of sp³-hybridized carbons (Fsp3) is 0.370. The predicted octanol–water partition coefficient (Wildman–Crippen LogP) is 5.85. The second-order valence-corrected chi connectivity index (χ2v) is 11.0. The molecular weight excluding hydrogens is 444 g/mol. The highest BCUT2D eigenvalue weighted by Crippen LogP contribution is 2.45. The molecule has 1 N–H and O–H groups in total. The van der Waals surface area contributed by atoms with Gasteiger partial charge in [-0.3, -0.25) is 4.79 Å². The minimum atomic E-state index is -0.302. The molecule has 0 radical (unpaired) electrons. The van der Waals surface area contributed by atoms with Gasteiger partial charge in [0.2, 0.25) is 11.1 Å². The number of nitrogens with zero attached hydrogens (tertiary/aromatic N) is 3. The molecular formula is C27H30N4O2S. The van der Waals surface area contributed by atoms with E-state index in [-0.39, 0.29) is 17.2 Å². The van der Waals surface area contributed by atoms with E-state index in [2.05, 4.69) is 51.2 Å². The van der Waals surface area contributed by atoms with Crippen LogP contribution in [0.1, 0.15) is 55.0 Å². The Morgan fingerprint density at radius 3 is 2.65 bits per heavy atom. The van der Waals surface area contributed by atoms with Gasteiger partial charge in [-0.15, -0.1) is 5.10 Å². The molecule has 0 bridgehead atoms. The van der Waals surface area contributed by atoms with Gasteiger partial charge in [0.25, 0.3) is 0 Å². The lowest BCUT2D eigenvalue weighted by molar-refractivity contribution is -0.118. The number of nitrogens with one attached hydrogen (secondary N) is 1. The summed E-state index contributed by atoms with van der Waals surface area (Å²) in [6, 6.07) is 14.1. The van der Waals surface area contributed by atoms with Crippen LogP contribution in [0.2, 0.25) is 0 Å². The number of Topliss-reactive ketones (excluding diaryl/α,β-unsaturated/α-hetero) is 1. The Hall–Kier alpha value is -3.06. The second-order valence-electron chi connectivity index (χ2n) is 10.0. The third kappa shape index (κ3) is 4.25. The van der Waals surface area contributed by atoms with Crippen LogP contribution in [0, 0.1) is 19.3 Å². The third-order valence-corrected chi connectivity index (χ3v) is 7.49. The zero-order chi connectivity index (χ0) is 24.0. The van der Waals surface area contributed by atoms with Gasteiger partial charge in [-0.25, -0.2) is 4.68 Å². The maximum atomic E-state index is 13.4. The number of hydrogen-bond donors (Lipinski definition) is 1. The first-order chi connectivity index (χ1) is 16.2. The van der Waals surface area contributed by atoms with Gasteiger partial charge >= 0.3 is 0 Å². The second kappa shape index (κ2) is 8.62. The van der Waals surface area contributed by atoms with E-state index in [1.807, 2.05) is 28.9 Å². The molecule has 0 saturated carbocycles. The number of anilines is 1. The summed E-state index contributed by atoms with van der Waals surface area (Å²) in [6.07, 6.45) is 1.33. The number of benzene rings is 2. The topological polar surface area (TPSA) is 69.0 Å². The van der Waals surface area contributed by atoms with Gasteiger partial charge in [0.05, 0.1) is 7.11 Å². The van der Waals surface area contributed by atoms with Crippen LogP contribution in [0.5, 0.6) is 5.75 Å². The summed E-state index contributed by atoms with van der Waals surface area (Å²) in [5.41, 5.74) is 6.47. The first kappa shape index (κ1) is 22.7. The Morgan fingerprint density at radius 1 is 1.15 bits per heavy atom. The summed E-state index contributed by atoms with van der Waals surface area (Å²) < 4.78 is 7.23. The fourth-order valence-corrected chi connectivity index (χ4v) is 5.74. The van der Waals surface area contributed by atoms with Crippen LogP contribution < -0.4 is 10.1 Å². The van der Waals surface area contributed by atoms with Gasteiger partial charge in [-0.2, -0.15) is 4.98 Å². The molecule has 3 aromatic rings. The minimum absolute atomic E-state index is 0.0875. The molecule has 7 heteroatoms. The van der Waals surface area contributed by atoms with Crippen molar-refractivity contribution in [1.29, 1.82) is 0 Å². The van der Waals surface area contributed by atoms with E-state index >= 15 is 0 Å². The average Bonchev–Trinajstić information content (AvgIpc) is 3.20. The Labute approximate surface area is 204 Å². The fourth-order valence-electron chi connectivity index (χ4n) is 4.84. The Bertz CT molecular complexity index is 1290. The van der Waals surface area contributed by atoms with Crippen LogP contribution in [-0.2, 0) is 10.5 Å². The van der Waals surface area contributed by atoms with Crippen LogP contribution in [0.3, 0.4) is 0 Å². The Morgan fingerprint density at radius 2 is 1.91 bits per heavy atom. The normalized spacial score (nSPS) is 18.9. The summed E-state index contributed by atoms with van der Waals surface area (Å²) in [5.74, 6) is 2.44. The molecule has 1 aromatic heterocycles. The van der Waals surface area contributed by atoms with E-state index < -0.39 is 0 Å². The minimum Gasteiger partial charge on any atom is -0.497 e. The van der Waals surface area contributed by atoms with Gasteiger partial charge < -0.3 is 10.1 Å². The third-order valence-electron chi connectivity index (χ3n) is 6.61. The monoisotopic (exact) mass is 474 g/mol. The van der Waals surface area contributed by atoms with Crippen LogP contribution in [0.4, 0.5) is 5.95 Å². The van der Waals surface area contributed by atoms with Gasteiger partial charge in [0, 0.05) is 23.4 Å². The molecule has 1 aliphatic heterocycles. The SMILES string of the molecule is COc1ccc([C@@H]2C3=C(CC(C)(C)CC3=O)Nc3nc(SCc4cc(C)ccc4C)nn32)cc1. The lowest BCUT2D eigenvalue weighted by Gasteiger charge is -2.38. The van der Waals surface area contributed by atoms with Crippen molar-refractivity contribution >= 4 is 23.5 Å². The molecule has 2 aromatic carbocycles. The summed E-state index contributed by atoms with van der Waals surface area (Å²) >= 11 is 1.62. The number of thioether (sulfide) groups is 1. The number of ketones is 1. The van der Waals surface area contributed by atoms with Crippen LogP contribution >= 0.6 is 11.8 Å². The van der Waals surface area contributed by atoms with Crippen molar-refractivity contribution < 1.29 is 9.53 Å². The molecule has 0 fully saturated rings. The highest BCUT2D eigenvalue weighted by molar-refractivity contribution is 7.98. The number of allylic oxidation sites excluding steroid dienone is 2. The van der Waals surface area contributed by atoms with E-state index in [4.69, 9.17) is 14.8 Å². The highest BCUT2D eigenvalue weighted by Gasteiger charge is 2.41. The molecule has 0 saturated heterocycles. The van der Waals surface area contributed by atoms with E-state index in [0.717, 1.165) is 34.8 Å². The Kier molecular flexibility index (Phi) is 5.76. The van der Waals surface area contributed by atoms with Crippen molar-refractivity contribution in [3.63, 3.8) is 0 Å². The number of aromatic nitrogens is 3. The first-order valence-electron chi connectivity index (χ1n) is 11.6. The average molecular weight is 475 g/mol. The van der Waals surface area contributed by atoms with E-state index in [1.165, 1.54) is 16.7 Å². The van der Waals surface area contributed by atoms with Gasteiger partial charge in [0.1, 0.15) is 11.8 Å². The quantitative estimate of drug-likeness (QED) is 0.468. The van der Waals surface area contributed by atoms with Crippen LogP contribution in [-0.4, -0.2) is 27.7 Å².